The van der Waals surface area contributed by atoms with E-state index in [0.29, 0.717) is 6.54 Å². The molecule has 5 nitrogen and oxygen atoms in total. The Morgan fingerprint density at radius 3 is 3.07 bits per heavy atom. The lowest BCUT2D eigenvalue weighted by Crippen LogP contribution is -2.35. The van der Waals surface area contributed by atoms with Crippen LogP contribution in [0.1, 0.15) is 11.4 Å². The van der Waals surface area contributed by atoms with Crippen molar-refractivity contribution in [3.63, 3.8) is 0 Å². The molecule has 74 valence electrons. The van der Waals surface area contributed by atoms with Crippen LogP contribution in [0.2, 0.25) is 0 Å². The Kier molecular flexibility index (Phi) is 2.55. The van der Waals surface area contributed by atoms with Gasteiger partial charge in [-0.15, -0.1) is 11.3 Å². The van der Waals surface area contributed by atoms with Gasteiger partial charge in [-0.25, -0.2) is 4.98 Å². The molecule has 0 aromatic carbocycles. The van der Waals surface area contributed by atoms with Crippen molar-refractivity contribution in [3.8, 4) is 0 Å². The molecule has 1 atom stereocenters. The number of aromatic nitrogens is 1. The monoisotopic (exact) mass is 211 g/mol. The summed E-state index contributed by atoms with van der Waals surface area (Å²) in [6.45, 7) is 0.531. The molecule has 2 N–H and O–H groups in total. The molecule has 2 amide bonds. The predicted molar refractivity (Wildman–Crippen MR) is 50.5 cm³/mol. The molecule has 0 aliphatic carbocycles. The maximum Gasteiger partial charge on any atom is 0.244 e. The van der Waals surface area contributed by atoms with E-state index >= 15 is 0 Å². The number of carbonyl (C=O) groups excluding carboxylic acids is 2. The fourth-order valence-electron chi connectivity index (χ4n) is 1.27. The summed E-state index contributed by atoms with van der Waals surface area (Å²) in [6.07, 6.45) is 1.94. The van der Waals surface area contributed by atoms with Gasteiger partial charge in [0.1, 0.15) is 5.01 Å². The smallest absolute Gasteiger partial charge is 0.244 e. The minimum Gasteiger partial charge on any atom is -0.299 e. The SMILES string of the molecule is O=C1CC(NCc2nccs2)C(=O)N1. The van der Waals surface area contributed by atoms with Crippen molar-refractivity contribution in [1.29, 1.82) is 0 Å². The fourth-order valence-corrected chi connectivity index (χ4v) is 1.84. The minimum absolute atomic E-state index is 0.216. The first-order valence-electron chi connectivity index (χ1n) is 4.21. The van der Waals surface area contributed by atoms with Crippen LogP contribution in [0.15, 0.2) is 11.6 Å². The van der Waals surface area contributed by atoms with Crippen LogP contribution in [0.4, 0.5) is 0 Å². The lowest BCUT2D eigenvalue weighted by atomic mass is 10.2. The Morgan fingerprint density at radius 1 is 1.64 bits per heavy atom. The Labute approximate surface area is 84.5 Å². The molecular weight excluding hydrogens is 202 g/mol. The zero-order chi connectivity index (χ0) is 9.97. The van der Waals surface area contributed by atoms with E-state index in [1.165, 1.54) is 11.3 Å². The van der Waals surface area contributed by atoms with E-state index in [2.05, 4.69) is 15.6 Å². The first-order chi connectivity index (χ1) is 6.75. The summed E-state index contributed by atoms with van der Waals surface area (Å²) in [4.78, 5) is 26.0. The predicted octanol–water partition coefficient (Wildman–Crippen LogP) is -0.352. The second kappa shape index (κ2) is 3.85. The Morgan fingerprint density at radius 2 is 2.50 bits per heavy atom. The fraction of sp³-hybridized carbons (Fsp3) is 0.375. The summed E-state index contributed by atoms with van der Waals surface area (Å²) >= 11 is 1.52. The molecule has 0 spiro atoms. The topological polar surface area (TPSA) is 71.1 Å². The van der Waals surface area contributed by atoms with Crippen molar-refractivity contribution in [2.24, 2.45) is 0 Å². The number of rotatable bonds is 3. The number of hydrogen-bond donors (Lipinski definition) is 2. The standard InChI is InChI=1S/C8H9N3O2S/c12-6-3-5(8(13)11-6)10-4-7-9-1-2-14-7/h1-2,5,10H,3-4H2,(H,11,12,13). The largest absolute Gasteiger partial charge is 0.299 e. The summed E-state index contributed by atoms with van der Waals surface area (Å²) in [6, 6.07) is -0.397. The quantitative estimate of drug-likeness (QED) is 0.670. The third kappa shape index (κ3) is 1.97. The van der Waals surface area contributed by atoms with Crippen LogP contribution in [-0.2, 0) is 16.1 Å². The molecule has 1 unspecified atom stereocenters. The summed E-state index contributed by atoms with van der Waals surface area (Å²) < 4.78 is 0. The third-order valence-corrected chi connectivity index (χ3v) is 2.73. The molecule has 2 rings (SSSR count). The highest BCUT2D eigenvalue weighted by atomic mass is 32.1. The minimum atomic E-state index is -0.397. The number of carbonyl (C=O) groups is 2. The van der Waals surface area contributed by atoms with E-state index in [-0.39, 0.29) is 18.2 Å². The molecule has 1 aromatic rings. The van der Waals surface area contributed by atoms with Crippen molar-refractivity contribution in [1.82, 2.24) is 15.6 Å². The van der Waals surface area contributed by atoms with E-state index in [9.17, 15) is 9.59 Å². The van der Waals surface area contributed by atoms with Crippen LogP contribution >= 0.6 is 11.3 Å². The van der Waals surface area contributed by atoms with E-state index in [0.717, 1.165) is 5.01 Å². The summed E-state index contributed by atoms with van der Waals surface area (Å²) in [7, 11) is 0. The van der Waals surface area contributed by atoms with Gasteiger partial charge in [0.15, 0.2) is 0 Å². The highest BCUT2D eigenvalue weighted by Gasteiger charge is 2.29. The molecule has 6 heteroatoms. The van der Waals surface area contributed by atoms with Crippen molar-refractivity contribution < 1.29 is 9.59 Å². The van der Waals surface area contributed by atoms with Gasteiger partial charge in [0.2, 0.25) is 11.8 Å². The second-order valence-corrected chi connectivity index (χ2v) is 3.95. The van der Waals surface area contributed by atoms with Crippen LogP contribution in [0.25, 0.3) is 0 Å². The maximum absolute atomic E-state index is 11.1. The lowest BCUT2D eigenvalue weighted by molar-refractivity contribution is -0.125. The molecular formula is C8H9N3O2S. The number of thiazole rings is 1. The number of amides is 2. The number of nitrogens with zero attached hydrogens (tertiary/aromatic N) is 1. The van der Waals surface area contributed by atoms with Crippen LogP contribution in [0.5, 0.6) is 0 Å². The summed E-state index contributed by atoms with van der Waals surface area (Å²) in [5.41, 5.74) is 0. The summed E-state index contributed by atoms with van der Waals surface area (Å²) in [5, 5.41) is 8.00. The zero-order valence-corrected chi connectivity index (χ0v) is 8.13. The molecule has 1 fully saturated rings. The van der Waals surface area contributed by atoms with Crippen molar-refractivity contribution in [2.45, 2.75) is 19.0 Å². The third-order valence-electron chi connectivity index (χ3n) is 1.95. The van der Waals surface area contributed by atoms with Gasteiger partial charge in [-0.1, -0.05) is 0 Å². The normalized spacial score (nSPS) is 21.3. The molecule has 1 aliphatic heterocycles. The number of hydrogen-bond acceptors (Lipinski definition) is 5. The van der Waals surface area contributed by atoms with Crippen molar-refractivity contribution in [2.75, 3.05) is 0 Å². The second-order valence-electron chi connectivity index (χ2n) is 2.98. The molecule has 2 heterocycles. The zero-order valence-electron chi connectivity index (χ0n) is 7.32. The lowest BCUT2D eigenvalue weighted by Gasteiger charge is -2.05. The number of nitrogens with one attached hydrogen (secondary N) is 2. The molecule has 1 aliphatic rings. The average molecular weight is 211 g/mol. The van der Waals surface area contributed by atoms with Crippen molar-refractivity contribution >= 4 is 23.2 Å². The molecule has 0 bridgehead atoms. The molecule has 0 saturated carbocycles. The van der Waals surface area contributed by atoms with E-state index in [4.69, 9.17) is 0 Å². The maximum atomic E-state index is 11.1. The summed E-state index contributed by atoms with van der Waals surface area (Å²) in [5.74, 6) is -0.460. The first-order valence-corrected chi connectivity index (χ1v) is 5.09. The van der Waals surface area contributed by atoms with Crippen LogP contribution < -0.4 is 10.6 Å². The molecule has 1 aromatic heterocycles. The van der Waals surface area contributed by atoms with Crippen LogP contribution in [0, 0.1) is 0 Å². The van der Waals surface area contributed by atoms with Crippen LogP contribution in [0.3, 0.4) is 0 Å². The van der Waals surface area contributed by atoms with Crippen LogP contribution in [-0.4, -0.2) is 22.8 Å². The Hall–Kier alpha value is -1.27. The highest BCUT2D eigenvalue weighted by Crippen LogP contribution is 2.06. The van der Waals surface area contributed by atoms with Gasteiger partial charge in [0.25, 0.3) is 0 Å². The van der Waals surface area contributed by atoms with Crippen molar-refractivity contribution in [3.05, 3.63) is 16.6 Å². The van der Waals surface area contributed by atoms with Gasteiger partial charge < -0.3 is 0 Å². The van der Waals surface area contributed by atoms with Gasteiger partial charge >= 0.3 is 0 Å². The van der Waals surface area contributed by atoms with Gasteiger partial charge in [-0.05, 0) is 0 Å². The Balaban J connectivity index is 1.87. The highest BCUT2D eigenvalue weighted by molar-refractivity contribution is 7.09. The molecule has 14 heavy (non-hydrogen) atoms. The van der Waals surface area contributed by atoms with Gasteiger partial charge in [-0.2, -0.15) is 0 Å². The van der Waals surface area contributed by atoms with E-state index < -0.39 is 6.04 Å². The first kappa shape index (κ1) is 9.29. The van der Waals surface area contributed by atoms with E-state index in [1.807, 2.05) is 5.38 Å². The van der Waals surface area contributed by atoms with Gasteiger partial charge in [0.05, 0.1) is 12.5 Å². The van der Waals surface area contributed by atoms with Gasteiger partial charge in [-0.3, -0.25) is 20.2 Å². The molecule has 1 saturated heterocycles. The molecule has 0 radical (unpaired) electrons. The van der Waals surface area contributed by atoms with Gasteiger partial charge in [0, 0.05) is 18.1 Å². The Bertz CT molecular complexity index is 349. The van der Waals surface area contributed by atoms with E-state index in [1.54, 1.807) is 6.20 Å². The average Bonchev–Trinajstić information content (AvgIpc) is 2.72. The number of imide groups is 1.